The molecule has 2 atom stereocenters. The molecule has 0 aromatic heterocycles. The van der Waals surface area contributed by atoms with Gasteiger partial charge in [-0.05, 0) is 30.6 Å². The Morgan fingerprint density at radius 1 is 1.07 bits per heavy atom. The van der Waals surface area contributed by atoms with Gasteiger partial charge < -0.3 is 0 Å². The number of hydrazine groups is 3. The standard InChI is InChI=1S/C10H22N4/c1-7(2)8-4-3-5-9(6-8)10-11-13-14-12-10/h7-14H,3-6H2,1-2H3. The van der Waals surface area contributed by atoms with Gasteiger partial charge in [-0.3, -0.25) is 0 Å². The van der Waals surface area contributed by atoms with E-state index < -0.39 is 0 Å². The molecule has 2 rings (SSSR count). The maximum atomic E-state index is 3.21. The summed E-state index contributed by atoms with van der Waals surface area (Å²) in [6.07, 6.45) is 5.90. The van der Waals surface area contributed by atoms with Gasteiger partial charge in [-0.15, -0.1) is 0 Å². The van der Waals surface area contributed by atoms with E-state index in [0.29, 0.717) is 6.17 Å². The summed E-state index contributed by atoms with van der Waals surface area (Å²) in [6, 6.07) is 0. The van der Waals surface area contributed by atoms with E-state index in [1.165, 1.54) is 25.7 Å². The van der Waals surface area contributed by atoms with Crippen molar-refractivity contribution in [1.82, 2.24) is 21.9 Å². The van der Waals surface area contributed by atoms with Crippen LogP contribution in [0.25, 0.3) is 0 Å². The van der Waals surface area contributed by atoms with E-state index in [9.17, 15) is 0 Å². The van der Waals surface area contributed by atoms with Crippen LogP contribution >= 0.6 is 0 Å². The monoisotopic (exact) mass is 198 g/mol. The fourth-order valence-electron chi connectivity index (χ4n) is 2.67. The van der Waals surface area contributed by atoms with E-state index in [1.807, 2.05) is 0 Å². The Labute approximate surface area is 86.1 Å². The maximum Gasteiger partial charge on any atom is 0.0887 e. The summed E-state index contributed by atoms with van der Waals surface area (Å²) in [5.41, 5.74) is 12.2. The molecule has 4 N–H and O–H groups in total. The summed E-state index contributed by atoms with van der Waals surface area (Å²) in [4.78, 5) is 0. The molecule has 14 heavy (non-hydrogen) atoms. The lowest BCUT2D eigenvalue weighted by atomic mass is 9.75. The fourth-order valence-corrected chi connectivity index (χ4v) is 2.67. The summed E-state index contributed by atoms with van der Waals surface area (Å²) in [7, 11) is 0. The highest BCUT2D eigenvalue weighted by Gasteiger charge is 2.30. The van der Waals surface area contributed by atoms with Crippen molar-refractivity contribution < 1.29 is 0 Å². The number of nitrogens with one attached hydrogen (secondary N) is 4. The predicted octanol–water partition coefficient (Wildman–Crippen LogP) is 0.892. The lowest BCUT2D eigenvalue weighted by Crippen LogP contribution is -2.43. The first kappa shape index (κ1) is 10.4. The Morgan fingerprint density at radius 2 is 1.79 bits per heavy atom. The largest absolute Gasteiger partial charge is 0.225 e. The topological polar surface area (TPSA) is 48.1 Å². The SMILES string of the molecule is CC(C)C1CCCC(C2NNNN2)C1. The molecule has 2 aliphatic rings. The van der Waals surface area contributed by atoms with E-state index >= 15 is 0 Å². The van der Waals surface area contributed by atoms with Crippen LogP contribution in [0.3, 0.4) is 0 Å². The number of hydrogen-bond acceptors (Lipinski definition) is 4. The van der Waals surface area contributed by atoms with Gasteiger partial charge in [0, 0.05) is 0 Å². The Morgan fingerprint density at radius 3 is 2.43 bits per heavy atom. The first-order valence-corrected chi connectivity index (χ1v) is 5.78. The number of rotatable bonds is 2. The molecule has 0 spiro atoms. The molecule has 1 aliphatic heterocycles. The summed E-state index contributed by atoms with van der Waals surface area (Å²) < 4.78 is 0. The lowest BCUT2D eigenvalue weighted by molar-refractivity contribution is 0.173. The average Bonchev–Trinajstić information content (AvgIpc) is 2.71. The minimum absolute atomic E-state index is 0.400. The van der Waals surface area contributed by atoms with Crippen molar-refractivity contribution in [2.75, 3.05) is 0 Å². The van der Waals surface area contributed by atoms with Gasteiger partial charge in [-0.2, -0.15) is 11.1 Å². The van der Waals surface area contributed by atoms with E-state index in [0.717, 1.165) is 17.8 Å². The van der Waals surface area contributed by atoms with Crippen LogP contribution in [0.4, 0.5) is 0 Å². The van der Waals surface area contributed by atoms with Gasteiger partial charge in [-0.1, -0.05) is 26.7 Å². The highest BCUT2D eigenvalue weighted by molar-refractivity contribution is 4.81. The van der Waals surface area contributed by atoms with E-state index in [1.54, 1.807) is 0 Å². The summed E-state index contributed by atoms with van der Waals surface area (Å²) in [5, 5.41) is 0. The quantitative estimate of drug-likeness (QED) is 0.532. The molecule has 0 bridgehead atoms. The van der Waals surface area contributed by atoms with Gasteiger partial charge >= 0.3 is 0 Å². The molecule has 0 amide bonds. The predicted molar refractivity (Wildman–Crippen MR) is 56.6 cm³/mol. The van der Waals surface area contributed by atoms with Crippen LogP contribution in [0.1, 0.15) is 39.5 Å². The highest BCUT2D eigenvalue weighted by Crippen LogP contribution is 2.34. The normalized spacial score (nSPS) is 35.4. The van der Waals surface area contributed by atoms with Crippen LogP contribution < -0.4 is 21.9 Å². The van der Waals surface area contributed by atoms with Gasteiger partial charge in [0.1, 0.15) is 0 Å². The van der Waals surface area contributed by atoms with Gasteiger partial charge in [0.15, 0.2) is 0 Å². The second kappa shape index (κ2) is 4.57. The molecule has 1 aliphatic carbocycles. The van der Waals surface area contributed by atoms with Gasteiger partial charge in [0.25, 0.3) is 0 Å². The molecule has 4 nitrogen and oxygen atoms in total. The summed E-state index contributed by atoms with van der Waals surface area (Å²) >= 11 is 0. The zero-order valence-electron chi connectivity index (χ0n) is 9.14. The molecule has 4 heteroatoms. The molecule has 0 aromatic carbocycles. The summed E-state index contributed by atoms with van der Waals surface area (Å²) in [6.45, 7) is 4.69. The maximum absolute atomic E-state index is 3.21. The van der Waals surface area contributed by atoms with Crippen LogP contribution in [0.2, 0.25) is 0 Å². The Bertz CT molecular complexity index is 177. The second-order valence-corrected chi connectivity index (χ2v) is 4.95. The molecule has 0 aromatic rings. The van der Waals surface area contributed by atoms with Crippen molar-refractivity contribution in [3.63, 3.8) is 0 Å². The minimum atomic E-state index is 0.400. The van der Waals surface area contributed by atoms with Crippen molar-refractivity contribution in [3.05, 3.63) is 0 Å². The Hall–Kier alpha value is -0.160. The van der Waals surface area contributed by atoms with Crippen molar-refractivity contribution in [2.24, 2.45) is 17.8 Å². The van der Waals surface area contributed by atoms with Crippen molar-refractivity contribution in [1.29, 1.82) is 0 Å². The van der Waals surface area contributed by atoms with E-state index in [-0.39, 0.29) is 0 Å². The highest BCUT2D eigenvalue weighted by atomic mass is 15.8. The zero-order valence-corrected chi connectivity index (χ0v) is 9.14. The molecule has 82 valence electrons. The molecular weight excluding hydrogens is 176 g/mol. The number of hydrogen-bond donors (Lipinski definition) is 4. The van der Waals surface area contributed by atoms with E-state index in [2.05, 4.69) is 35.8 Å². The molecule has 1 saturated carbocycles. The molecule has 0 radical (unpaired) electrons. The van der Waals surface area contributed by atoms with Crippen LogP contribution in [0.5, 0.6) is 0 Å². The fraction of sp³-hybridized carbons (Fsp3) is 1.00. The van der Waals surface area contributed by atoms with Gasteiger partial charge in [0.05, 0.1) is 6.17 Å². The molecule has 2 unspecified atom stereocenters. The van der Waals surface area contributed by atoms with Crippen molar-refractivity contribution in [2.45, 2.75) is 45.7 Å². The first-order valence-electron chi connectivity index (χ1n) is 5.78. The van der Waals surface area contributed by atoms with Crippen LogP contribution in [0, 0.1) is 17.8 Å². The molecule has 1 saturated heterocycles. The van der Waals surface area contributed by atoms with E-state index in [4.69, 9.17) is 0 Å². The van der Waals surface area contributed by atoms with Crippen LogP contribution in [0.15, 0.2) is 0 Å². The van der Waals surface area contributed by atoms with Crippen molar-refractivity contribution >= 4 is 0 Å². The molecule has 1 heterocycles. The third kappa shape index (κ3) is 2.25. The third-order valence-corrected chi connectivity index (χ3v) is 3.69. The minimum Gasteiger partial charge on any atom is -0.225 e. The third-order valence-electron chi connectivity index (χ3n) is 3.69. The molecule has 2 fully saturated rings. The summed E-state index contributed by atoms with van der Waals surface area (Å²) in [5.74, 6) is 2.51. The van der Waals surface area contributed by atoms with Crippen LogP contribution in [-0.2, 0) is 0 Å². The van der Waals surface area contributed by atoms with Crippen molar-refractivity contribution in [3.8, 4) is 0 Å². The Kier molecular flexibility index (Phi) is 3.38. The first-order chi connectivity index (χ1) is 6.77. The smallest absolute Gasteiger partial charge is 0.0887 e. The zero-order chi connectivity index (χ0) is 9.97. The van der Waals surface area contributed by atoms with Gasteiger partial charge in [-0.25, -0.2) is 10.9 Å². The van der Waals surface area contributed by atoms with Crippen LogP contribution in [-0.4, -0.2) is 6.17 Å². The second-order valence-electron chi connectivity index (χ2n) is 4.95. The average molecular weight is 198 g/mol. The Balaban J connectivity index is 1.86. The molecular formula is C10H22N4. The lowest BCUT2D eigenvalue weighted by Gasteiger charge is -2.34. The van der Waals surface area contributed by atoms with Gasteiger partial charge in [0.2, 0.25) is 0 Å².